The summed E-state index contributed by atoms with van der Waals surface area (Å²) in [6.45, 7) is 2.60. The molecule has 0 aliphatic heterocycles. The van der Waals surface area contributed by atoms with E-state index in [9.17, 15) is 4.79 Å². The van der Waals surface area contributed by atoms with Crippen molar-refractivity contribution >= 4 is 17.6 Å². The fourth-order valence-corrected chi connectivity index (χ4v) is 4.88. The molecule has 108 valence electrons. The molecule has 0 heterocycles. The Labute approximate surface area is 120 Å². The lowest BCUT2D eigenvalue weighted by molar-refractivity contribution is -0.206. The van der Waals surface area contributed by atoms with Crippen molar-refractivity contribution in [2.24, 2.45) is 23.7 Å². The third-order valence-corrected chi connectivity index (χ3v) is 5.69. The Hall–Kier alpha value is -0.280. The molecule has 0 atom stereocenters. The van der Waals surface area contributed by atoms with Gasteiger partial charge in [0.1, 0.15) is 12.2 Å². The zero-order valence-corrected chi connectivity index (χ0v) is 12.3. The van der Waals surface area contributed by atoms with Crippen molar-refractivity contribution in [3.63, 3.8) is 0 Å². The van der Waals surface area contributed by atoms with Gasteiger partial charge in [-0.1, -0.05) is 0 Å². The van der Waals surface area contributed by atoms with Crippen LogP contribution in [0.1, 0.15) is 39.0 Å². The first-order valence-corrected chi connectivity index (χ1v) is 8.00. The maximum Gasteiger partial charge on any atom is 0.332 e. The van der Waals surface area contributed by atoms with Crippen molar-refractivity contribution < 1.29 is 14.3 Å². The van der Waals surface area contributed by atoms with E-state index in [1.54, 1.807) is 0 Å². The monoisotopic (exact) mass is 286 g/mol. The van der Waals surface area contributed by atoms with Crippen LogP contribution in [0, 0.1) is 23.7 Å². The van der Waals surface area contributed by atoms with Crippen LogP contribution in [0.25, 0.3) is 0 Å². The highest BCUT2D eigenvalue weighted by Crippen LogP contribution is 2.59. The van der Waals surface area contributed by atoms with E-state index in [4.69, 9.17) is 21.1 Å². The molecule has 4 aliphatic carbocycles. The lowest BCUT2D eigenvalue weighted by Gasteiger charge is -2.59. The van der Waals surface area contributed by atoms with Crippen molar-refractivity contribution in [2.75, 3.05) is 19.1 Å². The van der Waals surface area contributed by atoms with Gasteiger partial charge in [0.2, 0.25) is 0 Å². The second-order valence-electron chi connectivity index (χ2n) is 6.70. The minimum Gasteiger partial charge on any atom is -0.457 e. The van der Waals surface area contributed by atoms with Crippen LogP contribution in [-0.4, -0.2) is 30.7 Å². The van der Waals surface area contributed by atoms with E-state index in [1.807, 2.05) is 0 Å². The minimum atomic E-state index is -0.241. The van der Waals surface area contributed by atoms with Gasteiger partial charge in [0.05, 0.1) is 6.61 Å². The van der Waals surface area contributed by atoms with E-state index in [0.29, 0.717) is 24.3 Å². The maximum atomic E-state index is 11.9. The zero-order valence-electron chi connectivity index (χ0n) is 11.6. The molecular formula is C15H23ClO3. The second kappa shape index (κ2) is 5.25. The first-order chi connectivity index (χ1) is 9.11. The Morgan fingerprint density at radius 2 is 1.74 bits per heavy atom. The van der Waals surface area contributed by atoms with Crippen LogP contribution in [0.2, 0.25) is 0 Å². The zero-order chi connectivity index (χ0) is 13.5. The first-order valence-electron chi connectivity index (χ1n) is 7.47. The van der Waals surface area contributed by atoms with E-state index in [2.05, 4.69) is 6.92 Å². The molecule has 0 radical (unpaired) electrons. The highest BCUT2D eigenvalue weighted by atomic mass is 35.5. The molecule has 0 aromatic heterocycles. The standard InChI is InChI=1S/C15H23ClO3/c1-15(19-14(17)9-18-3-2-16)12-5-10-4-11(7-12)8-13(15)6-10/h10-13H,2-9H2,1H3. The molecule has 0 aromatic rings. The average molecular weight is 287 g/mol. The molecule has 0 saturated heterocycles. The van der Waals surface area contributed by atoms with E-state index in [1.165, 1.54) is 32.1 Å². The van der Waals surface area contributed by atoms with Crippen LogP contribution in [0.5, 0.6) is 0 Å². The number of halogens is 1. The second-order valence-corrected chi connectivity index (χ2v) is 7.08. The SMILES string of the molecule is CC1(OC(=O)COCCCl)C2CC3CC(C2)CC1C3. The van der Waals surface area contributed by atoms with Crippen molar-refractivity contribution in [1.29, 1.82) is 0 Å². The largest absolute Gasteiger partial charge is 0.457 e. The molecule has 0 N–H and O–H groups in total. The number of carbonyl (C=O) groups is 1. The molecular weight excluding hydrogens is 264 g/mol. The smallest absolute Gasteiger partial charge is 0.332 e. The summed E-state index contributed by atoms with van der Waals surface area (Å²) in [5.74, 6) is 3.11. The summed E-state index contributed by atoms with van der Waals surface area (Å²) in [5.41, 5.74) is -0.241. The maximum absolute atomic E-state index is 11.9. The number of hydrogen-bond acceptors (Lipinski definition) is 3. The molecule has 4 saturated carbocycles. The van der Waals surface area contributed by atoms with Crippen LogP contribution in [0.3, 0.4) is 0 Å². The van der Waals surface area contributed by atoms with E-state index in [0.717, 1.165) is 11.8 Å². The van der Waals surface area contributed by atoms with Crippen LogP contribution in [-0.2, 0) is 14.3 Å². The number of alkyl halides is 1. The predicted molar refractivity (Wildman–Crippen MR) is 73.1 cm³/mol. The molecule has 3 nitrogen and oxygen atoms in total. The Balaban J connectivity index is 1.61. The summed E-state index contributed by atoms with van der Waals surface area (Å²) in [5, 5.41) is 0. The summed E-state index contributed by atoms with van der Waals surface area (Å²) >= 11 is 5.53. The quantitative estimate of drug-likeness (QED) is 0.443. The van der Waals surface area contributed by atoms with Gasteiger partial charge in [-0.05, 0) is 62.7 Å². The average Bonchev–Trinajstić information content (AvgIpc) is 2.35. The van der Waals surface area contributed by atoms with Crippen molar-refractivity contribution in [1.82, 2.24) is 0 Å². The number of rotatable bonds is 5. The number of ether oxygens (including phenoxy) is 2. The van der Waals surface area contributed by atoms with Gasteiger partial charge in [-0.15, -0.1) is 11.6 Å². The van der Waals surface area contributed by atoms with Gasteiger partial charge in [-0.2, -0.15) is 0 Å². The molecule has 4 bridgehead atoms. The highest BCUT2D eigenvalue weighted by molar-refractivity contribution is 6.17. The van der Waals surface area contributed by atoms with E-state index in [-0.39, 0.29) is 18.2 Å². The fourth-order valence-electron chi connectivity index (χ4n) is 4.77. The van der Waals surface area contributed by atoms with Crippen LogP contribution in [0.4, 0.5) is 0 Å². The summed E-state index contributed by atoms with van der Waals surface area (Å²) in [6.07, 6.45) is 6.41. The van der Waals surface area contributed by atoms with Crippen molar-refractivity contribution in [2.45, 2.75) is 44.6 Å². The Morgan fingerprint density at radius 1 is 1.16 bits per heavy atom. The Bertz CT molecular complexity index is 327. The molecule has 4 aliphatic rings. The van der Waals surface area contributed by atoms with Crippen molar-refractivity contribution in [3.05, 3.63) is 0 Å². The molecule has 4 fully saturated rings. The van der Waals surface area contributed by atoms with Gasteiger partial charge in [0.25, 0.3) is 0 Å². The molecule has 4 heteroatoms. The Morgan fingerprint density at radius 3 is 2.26 bits per heavy atom. The van der Waals surface area contributed by atoms with Gasteiger partial charge in [-0.3, -0.25) is 0 Å². The summed E-state index contributed by atoms with van der Waals surface area (Å²) in [4.78, 5) is 11.9. The van der Waals surface area contributed by atoms with Gasteiger partial charge < -0.3 is 9.47 Å². The topological polar surface area (TPSA) is 35.5 Å². The molecule has 19 heavy (non-hydrogen) atoms. The number of hydrogen-bond donors (Lipinski definition) is 0. The molecule has 0 aromatic carbocycles. The Kier molecular flexibility index (Phi) is 3.78. The normalized spacial score (nSPS) is 43.5. The third kappa shape index (κ3) is 2.52. The molecule has 4 rings (SSSR count). The van der Waals surface area contributed by atoms with E-state index < -0.39 is 0 Å². The van der Waals surface area contributed by atoms with E-state index >= 15 is 0 Å². The fraction of sp³-hybridized carbons (Fsp3) is 0.933. The number of esters is 1. The highest BCUT2D eigenvalue weighted by Gasteiger charge is 2.56. The lowest BCUT2D eigenvalue weighted by Crippen LogP contribution is -2.58. The van der Waals surface area contributed by atoms with Gasteiger partial charge in [-0.25, -0.2) is 4.79 Å². The summed E-state index contributed by atoms with van der Waals surface area (Å²) in [7, 11) is 0. The van der Waals surface area contributed by atoms with Crippen LogP contribution < -0.4 is 0 Å². The predicted octanol–water partition coefficient (Wildman–Crippen LogP) is 3.00. The first kappa shape index (κ1) is 13.7. The minimum absolute atomic E-state index is 0.0363. The lowest BCUT2D eigenvalue weighted by atomic mass is 9.50. The van der Waals surface area contributed by atoms with Crippen LogP contribution in [0.15, 0.2) is 0 Å². The van der Waals surface area contributed by atoms with Crippen molar-refractivity contribution in [3.8, 4) is 0 Å². The van der Waals surface area contributed by atoms with Gasteiger partial charge in [0.15, 0.2) is 0 Å². The summed E-state index contributed by atoms with van der Waals surface area (Å²) < 4.78 is 11.0. The summed E-state index contributed by atoms with van der Waals surface area (Å²) in [6, 6.07) is 0. The van der Waals surface area contributed by atoms with Crippen LogP contribution >= 0.6 is 11.6 Å². The van der Waals surface area contributed by atoms with Gasteiger partial charge >= 0.3 is 5.97 Å². The van der Waals surface area contributed by atoms with Gasteiger partial charge in [0, 0.05) is 5.88 Å². The molecule has 0 amide bonds. The third-order valence-electron chi connectivity index (χ3n) is 5.53. The number of carbonyl (C=O) groups excluding carboxylic acids is 1. The molecule has 0 spiro atoms. The molecule has 0 unspecified atom stereocenters.